The molecular formula is C15H17ClN2O2. The van der Waals surface area contributed by atoms with Crippen molar-refractivity contribution in [2.75, 3.05) is 0 Å². The SMILES string of the molecule is Cc1ccccc1-c1c(Cl)[nH]c(=O)n(C(C)(C)C)c1=O. The van der Waals surface area contributed by atoms with Crippen molar-refractivity contribution in [3.05, 3.63) is 55.8 Å². The molecular weight excluding hydrogens is 276 g/mol. The highest BCUT2D eigenvalue weighted by Gasteiger charge is 2.23. The summed E-state index contributed by atoms with van der Waals surface area (Å²) >= 11 is 6.09. The zero-order valence-electron chi connectivity index (χ0n) is 12.0. The molecule has 2 aromatic rings. The first-order valence-corrected chi connectivity index (χ1v) is 6.72. The van der Waals surface area contributed by atoms with Gasteiger partial charge in [-0.15, -0.1) is 0 Å². The quantitative estimate of drug-likeness (QED) is 0.822. The number of aromatic amines is 1. The lowest BCUT2D eigenvalue weighted by molar-refractivity contribution is 0.367. The second kappa shape index (κ2) is 4.94. The van der Waals surface area contributed by atoms with Crippen molar-refractivity contribution in [3.8, 4) is 11.1 Å². The second-order valence-corrected chi connectivity index (χ2v) is 6.12. The summed E-state index contributed by atoms with van der Waals surface area (Å²) in [5, 5.41) is 0.0785. The van der Waals surface area contributed by atoms with Gasteiger partial charge < -0.3 is 0 Å². The molecule has 0 spiro atoms. The third-order valence-corrected chi connectivity index (χ3v) is 3.42. The van der Waals surface area contributed by atoms with Gasteiger partial charge in [0.2, 0.25) is 0 Å². The first-order valence-electron chi connectivity index (χ1n) is 6.35. The molecule has 1 aromatic heterocycles. The maximum absolute atomic E-state index is 12.7. The van der Waals surface area contributed by atoms with Crippen molar-refractivity contribution >= 4 is 11.6 Å². The van der Waals surface area contributed by atoms with Gasteiger partial charge in [0, 0.05) is 5.54 Å². The van der Waals surface area contributed by atoms with Gasteiger partial charge in [0.25, 0.3) is 5.56 Å². The number of aromatic nitrogens is 2. The van der Waals surface area contributed by atoms with E-state index < -0.39 is 11.2 Å². The van der Waals surface area contributed by atoms with E-state index in [9.17, 15) is 9.59 Å². The molecule has 20 heavy (non-hydrogen) atoms. The maximum atomic E-state index is 12.7. The fraction of sp³-hybridized carbons (Fsp3) is 0.333. The zero-order chi connectivity index (χ0) is 15.1. The van der Waals surface area contributed by atoms with Gasteiger partial charge in [0.05, 0.1) is 5.56 Å². The molecule has 1 aromatic carbocycles. The van der Waals surface area contributed by atoms with Crippen LogP contribution in [0.25, 0.3) is 11.1 Å². The van der Waals surface area contributed by atoms with Gasteiger partial charge in [-0.2, -0.15) is 0 Å². The number of hydrogen-bond donors (Lipinski definition) is 1. The highest BCUT2D eigenvalue weighted by atomic mass is 35.5. The van der Waals surface area contributed by atoms with Crippen LogP contribution in [0, 0.1) is 6.92 Å². The largest absolute Gasteiger partial charge is 0.330 e. The Balaban J connectivity index is 2.90. The molecule has 0 fully saturated rings. The predicted octanol–water partition coefficient (Wildman–Crippen LogP) is 2.92. The number of H-pyrrole nitrogens is 1. The molecule has 0 unspecified atom stereocenters. The Morgan fingerprint density at radius 1 is 1.15 bits per heavy atom. The van der Waals surface area contributed by atoms with Crippen LogP contribution >= 0.6 is 11.6 Å². The lowest BCUT2D eigenvalue weighted by Crippen LogP contribution is -2.45. The van der Waals surface area contributed by atoms with E-state index in [1.807, 2.05) is 31.2 Å². The first kappa shape index (κ1) is 14.6. The molecule has 5 heteroatoms. The standard InChI is InChI=1S/C15H17ClN2O2/c1-9-7-5-6-8-10(9)11-12(16)17-14(20)18(13(11)19)15(2,3)4/h5-8H,1-4H3,(H,17,20). The second-order valence-electron chi connectivity index (χ2n) is 5.75. The van der Waals surface area contributed by atoms with Gasteiger partial charge in [-0.05, 0) is 38.8 Å². The van der Waals surface area contributed by atoms with Crippen molar-refractivity contribution in [1.82, 2.24) is 9.55 Å². The molecule has 1 heterocycles. The number of aryl methyl sites for hydroxylation is 1. The van der Waals surface area contributed by atoms with Crippen LogP contribution in [0.4, 0.5) is 0 Å². The molecule has 0 amide bonds. The van der Waals surface area contributed by atoms with Crippen molar-refractivity contribution in [2.24, 2.45) is 0 Å². The molecule has 4 nitrogen and oxygen atoms in total. The van der Waals surface area contributed by atoms with Crippen LogP contribution in [0.3, 0.4) is 0 Å². The van der Waals surface area contributed by atoms with Crippen molar-refractivity contribution in [2.45, 2.75) is 33.2 Å². The summed E-state index contributed by atoms with van der Waals surface area (Å²) in [5.41, 5.74) is 0.507. The van der Waals surface area contributed by atoms with Gasteiger partial charge >= 0.3 is 5.69 Å². The van der Waals surface area contributed by atoms with Crippen LogP contribution in [0.5, 0.6) is 0 Å². The summed E-state index contributed by atoms with van der Waals surface area (Å²) < 4.78 is 1.20. The molecule has 1 N–H and O–H groups in total. The molecule has 0 saturated carbocycles. The van der Waals surface area contributed by atoms with Gasteiger partial charge in [0.1, 0.15) is 5.15 Å². The molecule has 106 valence electrons. The summed E-state index contributed by atoms with van der Waals surface area (Å²) in [6.07, 6.45) is 0. The van der Waals surface area contributed by atoms with Gasteiger partial charge in [-0.25, -0.2) is 4.79 Å². The van der Waals surface area contributed by atoms with Crippen LogP contribution in [0.1, 0.15) is 26.3 Å². The first-order chi connectivity index (χ1) is 9.23. The average molecular weight is 293 g/mol. The van der Waals surface area contributed by atoms with E-state index in [1.54, 1.807) is 20.8 Å². The fourth-order valence-electron chi connectivity index (χ4n) is 2.21. The molecule has 0 bridgehead atoms. The molecule has 0 aliphatic carbocycles. The topological polar surface area (TPSA) is 54.9 Å². The van der Waals surface area contributed by atoms with E-state index in [1.165, 1.54) is 4.57 Å². The highest BCUT2D eigenvalue weighted by molar-refractivity contribution is 6.32. The van der Waals surface area contributed by atoms with Crippen molar-refractivity contribution < 1.29 is 0 Å². The molecule has 0 atom stereocenters. The van der Waals surface area contributed by atoms with Crippen LogP contribution in [0.2, 0.25) is 5.15 Å². The Morgan fingerprint density at radius 2 is 1.75 bits per heavy atom. The molecule has 0 aliphatic heterocycles. The number of nitrogens with zero attached hydrogens (tertiary/aromatic N) is 1. The predicted molar refractivity (Wildman–Crippen MR) is 81.5 cm³/mol. The van der Waals surface area contributed by atoms with Crippen molar-refractivity contribution in [1.29, 1.82) is 0 Å². The third kappa shape index (κ3) is 2.43. The maximum Gasteiger partial charge on any atom is 0.330 e. The monoisotopic (exact) mass is 292 g/mol. The Kier molecular flexibility index (Phi) is 3.61. The van der Waals surface area contributed by atoms with Crippen LogP contribution in [-0.2, 0) is 5.54 Å². The van der Waals surface area contributed by atoms with Crippen LogP contribution in [-0.4, -0.2) is 9.55 Å². The molecule has 2 rings (SSSR count). The zero-order valence-corrected chi connectivity index (χ0v) is 12.7. The smallest absolute Gasteiger partial charge is 0.297 e. The summed E-state index contributed by atoms with van der Waals surface area (Å²) in [6, 6.07) is 7.45. The Bertz CT molecular complexity index is 767. The van der Waals surface area contributed by atoms with Crippen LogP contribution < -0.4 is 11.2 Å². The van der Waals surface area contributed by atoms with E-state index in [-0.39, 0.29) is 10.7 Å². The normalized spacial score (nSPS) is 11.7. The van der Waals surface area contributed by atoms with Crippen LogP contribution in [0.15, 0.2) is 33.9 Å². The molecule has 0 saturated heterocycles. The van der Waals surface area contributed by atoms with Gasteiger partial charge in [0.15, 0.2) is 0 Å². The summed E-state index contributed by atoms with van der Waals surface area (Å²) in [7, 11) is 0. The minimum atomic E-state index is -0.618. The number of rotatable bonds is 1. The molecule has 0 radical (unpaired) electrons. The number of benzene rings is 1. The lowest BCUT2D eigenvalue weighted by atomic mass is 10.0. The van der Waals surface area contributed by atoms with E-state index >= 15 is 0 Å². The Morgan fingerprint density at radius 3 is 2.30 bits per heavy atom. The average Bonchev–Trinajstić information content (AvgIpc) is 2.28. The minimum absolute atomic E-state index is 0.0785. The van der Waals surface area contributed by atoms with E-state index in [0.29, 0.717) is 5.56 Å². The summed E-state index contributed by atoms with van der Waals surface area (Å²) in [6.45, 7) is 7.31. The number of halogens is 1. The highest BCUT2D eigenvalue weighted by Crippen LogP contribution is 2.25. The number of nitrogens with one attached hydrogen (secondary N) is 1. The lowest BCUT2D eigenvalue weighted by Gasteiger charge is -2.22. The Labute approximate surface area is 122 Å². The Hall–Kier alpha value is -1.81. The third-order valence-electron chi connectivity index (χ3n) is 3.14. The minimum Gasteiger partial charge on any atom is -0.297 e. The fourth-order valence-corrected chi connectivity index (χ4v) is 2.47. The van der Waals surface area contributed by atoms with Crippen molar-refractivity contribution in [3.63, 3.8) is 0 Å². The van der Waals surface area contributed by atoms with E-state index in [2.05, 4.69) is 4.98 Å². The van der Waals surface area contributed by atoms with E-state index in [4.69, 9.17) is 11.6 Å². The summed E-state index contributed by atoms with van der Waals surface area (Å²) in [4.78, 5) is 27.2. The number of hydrogen-bond acceptors (Lipinski definition) is 2. The molecule has 0 aliphatic rings. The van der Waals surface area contributed by atoms with Gasteiger partial charge in [-0.3, -0.25) is 14.3 Å². The summed E-state index contributed by atoms with van der Waals surface area (Å²) in [5.74, 6) is 0. The van der Waals surface area contributed by atoms with E-state index in [0.717, 1.165) is 11.1 Å². The van der Waals surface area contributed by atoms with Gasteiger partial charge in [-0.1, -0.05) is 35.9 Å².